The summed E-state index contributed by atoms with van der Waals surface area (Å²) in [6.45, 7) is 6.02. The van der Waals surface area contributed by atoms with E-state index in [0.29, 0.717) is 22.6 Å². The summed E-state index contributed by atoms with van der Waals surface area (Å²) in [6.07, 6.45) is 0.721. The molecule has 0 saturated heterocycles. The number of aromatic nitrogens is 3. The number of amides is 2. The van der Waals surface area contributed by atoms with Gasteiger partial charge in [0.05, 0.1) is 19.7 Å². The molecule has 0 bridgehead atoms. The SMILES string of the molecule is CCC(C)(C)NC(=O)[C@@H](c1cccc(OC)c1)N(Cc1cccc(OC)c1)C(=O)Cn1nnc2ccccc21. The first-order chi connectivity index (χ1) is 18.7. The van der Waals surface area contributed by atoms with Crippen LogP contribution in [0.4, 0.5) is 0 Å². The second-order valence-corrected chi connectivity index (χ2v) is 10.0. The van der Waals surface area contributed by atoms with Crippen molar-refractivity contribution in [2.75, 3.05) is 14.2 Å². The highest BCUT2D eigenvalue weighted by Gasteiger charge is 2.34. The van der Waals surface area contributed by atoms with E-state index in [2.05, 4.69) is 15.6 Å². The molecule has 1 N–H and O–H groups in total. The molecule has 9 heteroatoms. The molecule has 39 heavy (non-hydrogen) atoms. The van der Waals surface area contributed by atoms with Crippen molar-refractivity contribution in [1.29, 1.82) is 0 Å². The Labute approximate surface area is 228 Å². The lowest BCUT2D eigenvalue weighted by molar-refractivity contribution is -0.143. The molecular formula is C30H35N5O4. The lowest BCUT2D eigenvalue weighted by atomic mass is 9.98. The topological polar surface area (TPSA) is 98.6 Å². The number of carbonyl (C=O) groups excluding carboxylic acids is 2. The molecule has 4 aromatic rings. The normalized spacial score (nSPS) is 12.1. The van der Waals surface area contributed by atoms with Crippen LogP contribution in [0.1, 0.15) is 44.4 Å². The van der Waals surface area contributed by atoms with Crippen LogP contribution >= 0.6 is 0 Å². The lowest BCUT2D eigenvalue weighted by Crippen LogP contribution is -2.50. The van der Waals surface area contributed by atoms with E-state index in [-0.39, 0.29) is 24.9 Å². The summed E-state index contributed by atoms with van der Waals surface area (Å²) in [4.78, 5) is 29.7. The highest BCUT2D eigenvalue weighted by Crippen LogP contribution is 2.29. The number of hydrogen-bond acceptors (Lipinski definition) is 6. The smallest absolute Gasteiger partial charge is 0.247 e. The van der Waals surface area contributed by atoms with Gasteiger partial charge in [-0.3, -0.25) is 9.59 Å². The number of methoxy groups -OCH3 is 2. The molecule has 1 aromatic heterocycles. The van der Waals surface area contributed by atoms with Crippen molar-refractivity contribution in [3.8, 4) is 11.5 Å². The van der Waals surface area contributed by atoms with E-state index in [1.807, 2.05) is 87.5 Å². The third-order valence-electron chi connectivity index (χ3n) is 6.83. The van der Waals surface area contributed by atoms with Gasteiger partial charge in [0.1, 0.15) is 29.6 Å². The van der Waals surface area contributed by atoms with Crippen molar-refractivity contribution in [1.82, 2.24) is 25.2 Å². The molecule has 1 heterocycles. The molecule has 0 radical (unpaired) electrons. The second kappa shape index (κ2) is 12.0. The molecule has 3 aromatic carbocycles. The third kappa shape index (κ3) is 6.54. The molecule has 9 nitrogen and oxygen atoms in total. The Hall–Kier alpha value is -4.40. The van der Waals surface area contributed by atoms with Crippen molar-refractivity contribution < 1.29 is 19.1 Å². The Morgan fingerprint density at radius 3 is 2.38 bits per heavy atom. The molecule has 0 saturated carbocycles. The second-order valence-electron chi connectivity index (χ2n) is 10.0. The minimum atomic E-state index is -0.931. The predicted octanol–water partition coefficient (Wildman–Crippen LogP) is 4.52. The molecule has 2 amide bonds. The van der Waals surface area contributed by atoms with E-state index in [4.69, 9.17) is 9.47 Å². The Morgan fingerprint density at radius 1 is 0.974 bits per heavy atom. The number of nitrogens with zero attached hydrogens (tertiary/aromatic N) is 4. The Balaban J connectivity index is 1.80. The Bertz CT molecular complexity index is 1450. The maximum absolute atomic E-state index is 14.1. The van der Waals surface area contributed by atoms with Gasteiger partial charge < -0.3 is 19.7 Å². The van der Waals surface area contributed by atoms with E-state index in [1.165, 1.54) is 0 Å². The first-order valence-corrected chi connectivity index (χ1v) is 12.9. The van der Waals surface area contributed by atoms with Gasteiger partial charge in [-0.1, -0.05) is 48.5 Å². The standard InChI is InChI=1S/C30H35N5O4/c1-6-30(2,3)31-29(37)28(22-12-10-14-24(18-22)39-5)34(19-21-11-9-13-23(17-21)38-4)27(36)20-35-26-16-8-7-15-25(26)32-33-35/h7-18,28H,6,19-20H2,1-5H3,(H,31,37)/t28-/m1/s1. The predicted molar refractivity (Wildman–Crippen MR) is 149 cm³/mol. The minimum Gasteiger partial charge on any atom is -0.497 e. The monoisotopic (exact) mass is 529 g/mol. The van der Waals surface area contributed by atoms with Crippen LogP contribution < -0.4 is 14.8 Å². The molecule has 0 spiro atoms. The summed E-state index contributed by atoms with van der Waals surface area (Å²) in [5.74, 6) is 0.688. The van der Waals surface area contributed by atoms with Crippen LogP contribution in [0.15, 0.2) is 72.8 Å². The zero-order valence-corrected chi connectivity index (χ0v) is 23.0. The zero-order chi connectivity index (χ0) is 28.0. The van der Waals surface area contributed by atoms with Crippen LogP contribution in [0.5, 0.6) is 11.5 Å². The highest BCUT2D eigenvalue weighted by atomic mass is 16.5. The Morgan fingerprint density at radius 2 is 1.67 bits per heavy atom. The van der Waals surface area contributed by atoms with Gasteiger partial charge >= 0.3 is 0 Å². The number of ether oxygens (including phenoxy) is 2. The van der Waals surface area contributed by atoms with Gasteiger partial charge in [0.2, 0.25) is 11.8 Å². The zero-order valence-electron chi connectivity index (χ0n) is 23.0. The van der Waals surface area contributed by atoms with Crippen LogP contribution in [-0.2, 0) is 22.7 Å². The van der Waals surface area contributed by atoms with Crippen molar-refractivity contribution in [2.45, 2.75) is 51.9 Å². The van der Waals surface area contributed by atoms with Gasteiger partial charge in [-0.2, -0.15) is 0 Å². The van der Waals surface area contributed by atoms with E-state index < -0.39 is 11.6 Å². The summed E-state index contributed by atoms with van der Waals surface area (Å²) >= 11 is 0. The van der Waals surface area contributed by atoms with Crippen molar-refractivity contribution >= 4 is 22.8 Å². The summed E-state index contributed by atoms with van der Waals surface area (Å²) in [5.41, 5.74) is 2.42. The van der Waals surface area contributed by atoms with Crippen LogP contribution in [-0.4, -0.2) is 51.5 Å². The molecule has 0 unspecified atom stereocenters. The van der Waals surface area contributed by atoms with Crippen LogP contribution in [0.25, 0.3) is 11.0 Å². The van der Waals surface area contributed by atoms with E-state index in [0.717, 1.165) is 17.5 Å². The van der Waals surface area contributed by atoms with Crippen LogP contribution in [0, 0.1) is 0 Å². The number of fused-ring (bicyclic) bond motifs is 1. The molecular weight excluding hydrogens is 494 g/mol. The fourth-order valence-corrected chi connectivity index (χ4v) is 4.32. The van der Waals surface area contributed by atoms with Gasteiger partial charge in [-0.15, -0.1) is 5.10 Å². The molecule has 0 aliphatic carbocycles. The van der Waals surface area contributed by atoms with Gasteiger partial charge in [0, 0.05) is 12.1 Å². The largest absolute Gasteiger partial charge is 0.497 e. The van der Waals surface area contributed by atoms with E-state index >= 15 is 0 Å². The fraction of sp³-hybridized carbons (Fsp3) is 0.333. The summed E-state index contributed by atoms with van der Waals surface area (Å²) in [7, 11) is 3.17. The molecule has 1 atom stereocenters. The highest BCUT2D eigenvalue weighted by molar-refractivity contribution is 5.89. The third-order valence-corrected chi connectivity index (χ3v) is 6.83. The number of para-hydroxylation sites is 1. The summed E-state index contributed by atoms with van der Waals surface area (Å²) in [6, 6.07) is 21.3. The average Bonchev–Trinajstić information content (AvgIpc) is 3.35. The van der Waals surface area contributed by atoms with E-state index in [1.54, 1.807) is 29.9 Å². The Kier molecular flexibility index (Phi) is 8.49. The number of carbonyl (C=O) groups is 2. The lowest BCUT2D eigenvalue weighted by Gasteiger charge is -2.35. The average molecular weight is 530 g/mol. The van der Waals surface area contributed by atoms with Crippen molar-refractivity contribution in [2.24, 2.45) is 0 Å². The van der Waals surface area contributed by atoms with Crippen LogP contribution in [0.3, 0.4) is 0 Å². The quantitative estimate of drug-likeness (QED) is 0.307. The van der Waals surface area contributed by atoms with Gasteiger partial charge in [-0.25, -0.2) is 4.68 Å². The van der Waals surface area contributed by atoms with Crippen molar-refractivity contribution in [3.63, 3.8) is 0 Å². The van der Waals surface area contributed by atoms with E-state index in [9.17, 15) is 9.59 Å². The number of hydrogen-bond donors (Lipinski definition) is 1. The van der Waals surface area contributed by atoms with Crippen molar-refractivity contribution in [3.05, 3.63) is 83.9 Å². The van der Waals surface area contributed by atoms with Gasteiger partial charge in [0.25, 0.3) is 0 Å². The maximum atomic E-state index is 14.1. The number of nitrogens with one attached hydrogen (secondary N) is 1. The molecule has 204 valence electrons. The minimum absolute atomic E-state index is 0.0879. The first kappa shape index (κ1) is 27.6. The number of benzene rings is 3. The summed E-state index contributed by atoms with van der Waals surface area (Å²) in [5, 5.41) is 11.5. The molecule has 0 fully saturated rings. The molecule has 0 aliphatic heterocycles. The van der Waals surface area contributed by atoms with Crippen LogP contribution in [0.2, 0.25) is 0 Å². The molecule has 4 rings (SSSR count). The fourth-order valence-electron chi connectivity index (χ4n) is 4.32. The number of rotatable bonds is 11. The maximum Gasteiger partial charge on any atom is 0.247 e. The summed E-state index contributed by atoms with van der Waals surface area (Å²) < 4.78 is 12.4. The van der Waals surface area contributed by atoms with Gasteiger partial charge in [-0.05, 0) is 67.8 Å². The molecule has 0 aliphatic rings. The first-order valence-electron chi connectivity index (χ1n) is 12.9. The van der Waals surface area contributed by atoms with Gasteiger partial charge in [0.15, 0.2) is 0 Å².